The number of amides is 1. The van der Waals surface area contributed by atoms with E-state index < -0.39 is 0 Å². The molecule has 1 amide bonds. The van der Waals surface area contributed by atoms with E-state index in [1.54, 1.807) is 30.5 Å². The van der Waals surface area contributed by atoms with Crippen LogP contribution in [0.1, 0.15) is 26.0 Å². The van der Waals surface area contributed by atoms with Crippen LogP contribution in [0, 0.1) is 0 Å². The van der Waals surface area contributed by atoms with Crippen molar-refractivity contribution in [2.24, 2.45) is 0 Å². The molecule has 0 radical (unpaired) electrons. The largest absolute Gasteiger partial charge is 0.466 e. The third kappa shape index (κ3) is 3.60. The summed E-state index contributed by atoms with van der Waals surface area (Å²) in [4.78, 5) is 27.8. The SMILES string of the molecule is CCOC(=O)Cc1nc2ccc(Br)cn2c1NC(=O)CC. The maximum atomic E-state index is 11.7. The summed E-state index contributed by atoms with van der Waals surface area (Å²) < 4.78 is 7.53. The van der Waals surface area contributed by atoms with E-state index in [1.807, 2.05) is 6.07 Å². The van der Waals surface area contributed by atoms with Crippen molar-refractivity contribution in [2.75, 3.05) is 11.9 Å². The molecule has 2 aromatic rings. The van der Waals surface area contributed by atoms with Gasteiger partial charge in [0, 0.05) is 17.1 Å². The summed E-state index contributed by atoms with van der Waals surface area (Å²) in [5, 5.41) is 2.79. The van der Waals surface area contributed by atoms with Crippen LogP contribution in [0.2, 0.25) is 0 Å². The highest BCUT2D eigenvalue weighted by molar-refractivity contribution is 9.10. The minimum Gasteiger partial charge on any atom is -0.466 e. The standard InChI is InChI=1S/C14H16BrN3O3/c1-3-12(19)17-14-10(7-13(20)21-4-2)16-11-6-5-9(15)8-18(11)14/h5-6,8H,3-4,7H2,1-2H3,(H,17,19). The summed E-state index contributed by atoms with van der Waals surface area (Å²) in [6.45, 7) is 3.83. The first kappa shape index (κ1) is 15.5. The average Bonchev–Trinajstić information content (AvgIpc) is 2.76. The summed E-state index contributed by atoms with van der Waals surface area (Å²) in [7, 11) is 0. The molecule has 0 saturated carbocycles. The molecule has 7 heteroatoms. The van der Waals surface area contributed by atoms with Gasteiger partial charge in [0.15, 0.2) is 0 Å². The topological polar surface area (TPSA) is 72.7 Å². The number of ether oxygens (including phenoxy) is 1. The van der Waals surface area contributed by atoms with E-state index in [-0.39, 0.29) is 18.3 Å². The van der Waals surface area contributed by atoms with Crippen molar-refractivity contribution in [1.29, 1.82) is 0 Å². The summed E-state index contributed by atoms with van der Waals surface area (Å²) in [6.07, 6.45) is 2.16. The van der Waals surface area contributed by atoms with E-state index in [0.29, 0.717) is 30.2 Å². The third-order valence-electron chi connectivity index (χ3n) is 2.85. The van der Waals surface area contributed by atoms with Crippen molar-refractivity contribution in [2.45, 2.75) is 26.7 Å². The number of aromatic nitrogens is 2. The number of carbonyl (C=O) groups excluding carboxylic acids is 2. The van der Waals surface area contributed by atoms with Crippen LogP contribution < -0.4 is 5.32 Å². The van der Waals surface area contributed by atoms with E-state index in [9.17, 15) is 9.59 Å². The van der Waals surface area contributed by atoms with Gasteiger partial charge in [-0.25, -0.2) is 4.98 Å². The van der Waals surface area contributed by atoms with E-state index in [1.165, 1.54) is 0 Å². The van der Waals surface area contributed by atoms with E-state index in [4.69, 9.17) is 4.74 Å². The number of hydrogen-bond acceptors (Lipinski definition) is 4. The van der Waals surface area contributed by atoms with Crippen LogP contribution in [-0.4, -0.2) is 27.9 Å². The van der Waals surface area contributed by atoms with Gasteiger partial charge < -0.3 is 10.1 Å². The van der Waals surface area contributed by atoms with Gasteiger partial charge in [0.1, 0.15) is 11.5 Å². The second kappa shape index (κ2) is 6.71. The fourth-order valence-electron chi connectivity index (χ4n) is 1.89. The van der Waals surface area contributed by atoms with Gasteiger partial charge in [-0.1, -0.05) is 6.92 Å². The zero-order valence-corrected chi connectivity index (χ0v) is 13.4. The Labute approximate surface area is 130 Å². The Morgan fingerprint density at radius 2 is 2.14 bits per heavy atom. The van der Waals surface area contributed by atoms with Gasteiger partial charge in [0.25, 0.3) is 0 Å². The lowest BCUT2D eigenvalue weighted by atomic mass is 10.3. The van der Waals surface area contributed by atoms with Crippen LogP contribution in [0.3, 0.4) is 0 Å². The van der Waals surface area contributed by atoms with Gasteiger partial charge in [-0.3, -0.25) is 14.0 Å². The molecule has 2 heterocycles. The molecule has 1 N–H and O–H groups in total. The molecule has 0 aromatic carbocycles. The van der Waals surface area contributed by atoms with Gasteiger partial charge >= 0.3 is 5.97 Å². The molecular weight excluding hydrogens is 338 g/mol. The third-order valence-corrected chi connectivity index (χ3v) is 3.32. The first-order valence-corrected chi connectivity index (χ1v) is 7.46. The Morgan fingerprint density at radius 1 is 1.38 bits per heavy atom. The number of imidazole rings is 1. The van der Waals surface area contributed by atoms with Crippen LogP contribution in [-0.2, 0) is 20.7 Å². The number of esters is 1. The maximum Gasteiger partial charge on any atom is 0.312 e. The molecule has 0 aliphatic heterocycles. The van der Waals surface area contributed by atoms with Crippen molar-refractivity contribution in [3.8, 4) is 0 Å². The van der Waals surface area contributed by atoms with E-state index in [0.717, 1.165) is 4.47 Å². The molecule has 0 aliphatic carbocycles. The second-order valence-corrected chi connectivity index (χ2v) is 5.28. The molecule has 0 fully saturated rings. The minimum absolute atomic E-state index is 0.0203. The summed E-state index contributed by atoms with van der Waals surface area (Å²) in [5.74, 6) is 0.0000525. The number of halogens is 1. The van der Waals surface area contributed by atoms with Crippen molar-refractivity contribution >= 4 is 39.3 Å². The van der Waals surface area contributed by atoms with E-state index in [2.05, 4.69) is 26.2 Å². The van der Waals surface area contributed by atoms with Gasteiger partial charge in [0.2, 0.25) is 5.91 Å². The molecular formula is C14H16BrN3O3. The molecule has 0 saturated heterocycles. The van der Waals surface area contributed by atoms with E-state index >= 15 is 0 Å². The zero-order valence-electron chi connectivity index (χ0n) is 11.9. The molecule has 112 valence electrons. The Balaban J connectivity index is 2.44. The number of carbonyl (C=O) groups is 2. The zero-order chi connectivity index (χ0) is 15.4. The van der Waals surface area contributed by atoms with Crippen LogP contribution in [0.5, 0.6) is 0 Å². The molecule has 0 atom stereocenters. The number of anilines is 1. The quantitative estimate of drug-likeness (QED) is 0.838. The predicted molar refractivity (Wildman–Crippen MR) is 82.1 cm³/mol. The predicted octanol–water partition coefficient (Wildman–Crippen LogP) is 2.55. The van der Waals surface area contributed by atoms with Crippen LogP contribution >= 0.6 is 15.9 Å². The fraction of sp³-hybridized carbons (Fsp3) is 0.357. The van der Waals surface area contributed by atoms with Gasteiger partial charge in [0.05, 0.1) is 18.7 Å². The lowest BCUT2D eigenvalue weighted by Crippen LogP contribution is -2.15. The smallest absolute Gasteiger partial charge is 0.312 e. The number of nitrogens with zero attached hydrogens (tertiary/aromatic N) is 2. The fourth-order valence-corrected chi connectivity index (χ4v) is 2.23. The Morgan fingerprint density at radius 3 is 2.81 bits per heavy atom. The summed E-state index contributed by atoms with van der Waals surface area (Å²) in [6, 6.07) is 3.65. The summed E-state index contributed by atoms with van der Waals surface area (Å²) >= 11 is 3.38. The molecule has 2 rings (SSSR count). The van der Waals surface area contributed by atoms with Crippen molar-refractivity contribution in [3.63, 3.8) is 0 Å². The molecule has 0 bridgehead atoms. The minimum atomic E-state index is -0.369. The monoisotopic (exact) mass is 353 g/mol. The number of hydrogen-bond donors (Lipinski definition) is 1. The lowest BCUT2D eigenvalue weighted by molar-refractivity contribution is -0.142. The van der Waals surface area contributed by atoms with Crippen molar-refractivity contribution < 1.29 is 14.3 Å². The molecule has 0 unspecified atom stereocenters. The number of nitrogens with one attached hydrogen (secondary N) is 1. The number of pyridine rings is 1. The summed E-state index contributed by atoms with van der Waals surface area (Å²) in [5.41, 5.74) is 1.15. The number of rotatable bonds is 5. The average molecular weight is 354 g/mol. The van der Waals surface area contributed by atoms with Crippen molar-refractivity contribution in [1.82, 2.24) is 9.38 Å². The lowest BCUT2D eigenvalue weighted by Gasteiger charge is -2.06. The van der Waals surface area contributed by atoms with Gasteiger partial charge in [-0.15, -0.1) is 0 Å². The first-order chi connectivity index (χ1) is 10.0. The number of fused-ring (bicyclic) bond motifs is 1. The molecule has 0 spiro atoms. The molecule has 2 aromatic heterocycles. The maximum absolute atomic E-state index is 11.7. The van der Waals surface area contributed by atoms with Gasteiger partial charge in [-0.05, 0) is 35.0 Å². The van der Waals surface area contributed by atoms with Crippen LogP contribution in [0.25, 0.3) is 5.65 Å². The highest BCUT2D eigenvalue weighted by Gasteiger charge is 2.17. The Kier molecular flexibility index (Phi) is 4.95. The second-order valence-electron chi connectivity index (χ2n) is 4.37. The highest BCUT2D eigenvalue weighted by atomic mass is 79.9. The van der Waals surface area contributed by atoms with Crippen molar-refractivity contribution in [3.05, 3.63) is 28.5 Å². The van der Waals surface area contributed by atoms with Crippen LogP contribution in [0.15, 0.2) is 22.8 Å². The van der Waals surface area contributed by atoms with Crippen LogP contribution in [0.4, 0.5) is 5.82 Å². The Hall–Kier alpha value is -1.89. The normalized spacial score (nSPS) is 10.6. The van der Waals surface area contributed by atoms with Gasteiger partial charge in [-0.2, -0.15) is 0 Å². The molecule has 6 nitrogen and oxygen atoms in total. The molecule has 0 aliphatic rings. The highest BCUT2D eigenvalue weighted by Crippen LogP contribution is 2.22. The Bertz CT molecular complexity index is 681. The first-order valence-electron chi connectivity index (χ1n) is 6.67. The molecule has 21 heavy (non-hydrogen) atoms.